The van der Waals surface area contributed by atoms with E-state index >= 15 is 0 Å². The minimum atomic E-state index is -4.81. The van der Waals surface area contributed by atoms with Crippen LogP contribution in [0.15, 0.2) is 16.4 Å². The first-order valence-electron chi connectivity index (χ1n) is 7.58. The molecule has 0 saturated carbocycles. The van der Waals surface area contributed by atoms with Crippen LogP contribution in [-0.4, -0.2) is 24.0 Å². The molecule has 3 atom stereocenters. The molecule has 0 bridgehead atoms. The largest absolute Gasteiger partial charge is 1.00 e. The first kappa shape index (κ1) is 31.6. The van der Waals surface area contributed by atoms with Crippen LogP contribution in [0.5, 0.6) is 0 Å². The Morgan fingerprint density at radius 2 is 1.92 bits per heavy atom. The molecule has 140 valence electrons. The zero-order chi connectivity index (χ0) is 17.8. The van der Waals surface area contributed by atoms with Crippen molar-refractivity contribution in [2.45, 2.75) is 52.1 Å². The molecular formula is C14H26ClN4Na2O4P. The Morgan fingerprint density at radius 1 is 1.38 bits per heavy atom. The van der Waals surface area contributed by atoms with Crippen molar-refractivity contribution in [2.24, 2.45) is 28.3 Å². The molecule has 0 aromatic carbocycles. The number of halogens is 1. The van der Waals surface area contributed by atoms with Crippen molar-refractivity contribution >= 4 is 31.9 Å². The van der Waals surface area contributed by atoms with E-state index in [1.54, 1.807) is 0 Å². The molecule has 12 heteroatoms. The molecule has 1 aliphatic rings. The number of hydrogen-bond donors (Lipinski definition) is 3. The van der Waals surface area contributed by atoms with Crippen LogP contribution in [-0.2, 0) is 9.36 Å². The van der Waals surface area contributed by atoms with E-state index in [1.165, 1.54) is 13.0 Å². The summed E-state index contributed by atoms with van der Waals surface area (Å²) in [4.78, 5) is 38.1. The van der Waals surface area contributed by atoms with Crippen LogP contribution in [0.4, 0.5) is 0 Å². The number of nitrogens with two attached hydrogens (primary N) is 2. The van der Waals surface area contributed by atoms with Crippen molar-refractivity contribution < 1.29 is 78.3 Å². The monoisotopic (exact) mass is 426 g/mol. The minimum Gasteiger partial charge on any atom is -0.808 e. The van der Waals surface area contributed by atoms with Crippen LogP contribution in [0.1, 0.15) is 40.0 Å². The summed E-state index contributed by atoms with van der Waals surface area (Å²) in [6.07, 6.45) is 2.42. The molecule has 0 aliphatic heterocycles. The van der Waals surface area contributed by atoms with Gasteiger partial charge in [-0.05, 0) is 38.1 Å². The van der Waals surface area contributed by atoms with Gasteiger partial charge in [-0.1, -0.05) is 19.9 Å². The summed E-state index contributed by atoms with van der Waals surface area (Å²) in [7, 11) is -4.81. The van der Waals surface area contributed by atoms with Crippen LogP contribution in [0.2, 0.25) is 0 Å². The minimum absolute atomic E-state index is 0. The fourth-order valence-electron chi connectivity index (χ4n) is 2.98. The average Bonchev–Trinajstić information content (AvgIpc) is 2.34. The Balaban J connectivity index is -0.00000176. The third kappa shape index (κ3) is 11.1. The maximum Gasteiger partial charge on any atom is 1.00 e. The zero-order valence-electron chi connectivity index (χ0n) is 16.1. The zero-order valence-corrected chi connectivity index (χ0v) is 21.8. The summed E-state index contributed by atoms with van der Waals surface area (Å²) in [5, 5.41) is 2.72. The Labute approximate surface area is 205 Å². The number of guanidine groups is 1. The van der Waals surface area contributed by atoms with Crippen molar-refractivity contribution in [2.75, 3.05) is 0 Å². The Bertz CT molecular complexity index is 553. The summed E-state index contributed by atoms with van der Waals surface area (Å²) in [6, 6.07) is -0.747. The van der Waals surface area contributed by atoms with Gasteiger partial charge >= 0.3 is 59.1 Å². The number of carbonyl (C=O) groups is 1. The number of nitrogens with one attached hydrogen (secondary N) is 1. The predicted molar refractivity (Wildman–Crippen MR) is 92.3 cm³/mol. The van der Waals surface area contributed by atoms with Crippen LogP contribution >= 0.6 is 20.0 Å². The number of allylic oxidation sites excluding steroid dienone is 1. The van der Waals surface area contributed by atoms with Gasteiger partial charge in [0.15, 0.2) is 5.96 Å². The van der Waals surface area contributed by atoms with Gasteiger partial charge in [0.1, 0.15) is 0 Å². The van der Waals surface area contributed by atoms with Crippen LogP contribution < -0.4 is 85.7 Å². The summed E-state index contributed by atoms with van der Waals surface area (Å²) >= 11 is 0. The third-order valence-electron chi connectivity index (χ3n) is 3.84. The molecular weight excluding hydrogens is 401 g/mol. The van der Waals surface area contributed by atoms with Crippen LogP contribution in [0.25, 0.3) is 0 Å². The molecule has 0 fully saturated rings. The molecule has 26 heavy (non-hydrogen) atoms. The molecule has 1 amide bonds. The van der Waals surface area contributed by atoms with Crippen molar-refractivity contribution in [3.63, 3.8) is 0 Å². The maximum atomic E-state index is 11.5. The number of carbonyl (C=O) groups excluding carboxylic acids is 1. The molecule has 0 aromatic heterocycles. The topological polar surface area (TPSA) is 157 Å². The van der Waals surface area contributed by atoms with Gasteiger partial charge in [-0.2, -0.15) is 0 Å². The standard InChI is InChI=1S/C14H27N4O4P.ClH.2Na/c1-8(2)6-12(17-9(3)19)11-5-4-10(23(20,21)22)7-13(11)18-14(15)16;;;/h4,8,11-13H,5-7H2,1-3H3,(H,17,19)(H4,15,16,18)(H2,20,21,22);1H;;/q;;2*+1/p-2/t11-,12+,13+;;;/m1.../s1. The molecule has 1 rings (SSSR count). The van der Waals surface area contributed by atoms with Gasteiger partial charge in [0.05, 0.1) is 6.04 Å². The van der Waals surface area contributed by atoms with E-state index in [0.29, 0.717) is 18.8 Å². The summed E-state index contributed by atoms with van der Waals surface area (Å²) < 4.78 is 11.3. The Hall–Kier alpha value is 0.920. The van der Waals surface area contributed by atoms with E-state index in [-0.39, 0.29) is 107 Å². The van der Waals surface area contributed by atoms with Crippen molar-refractivity contribution in [3.8, 4) is 0 Å². The smallest absolute Gasteiger partial charge is 0.808 e. The van der Waals surface area contributed by atoms with Crippen molar-refractivity contribution in [3.05, 3.63) is 11.4 Å². The van der Waals surface area contributed by atoms with Crippen LogP contribution in [0.3, 0.4) is 0 Å². The van der Waals surface area contributed by atoms with E-state index in [0.717, 1.165) is 0 Å². The number of amides is 1. The third-order valence-corrected chi connectivity index (χ3v) is 4.90. The van der Waals surface area contributed by atoms with Gasteiger partial charge < -0.3 is 31.1 Å². The second-order valence-corrected chi connectivity index (χ2v) is 7.92. The average molecular weight is 427 g/mol. The fraction of sp³-hybridized carbons (Fsp3) is 0.714. The molecule has 5 N–H and O–H groups in total. The van der Waals surface area contributed by atoms with E-state index < -0.39 is 13.6 Å². The van der Waals surface area contributed by atoms with E-state index in [2.05, 4.69) is 10.3 Å². The summed E-state index contributed by atoms with van der Waals surface area (Å²) in [6.45, 7) is 5.48. The SMILES string of the molecule is CC(=O)N[C@@H](CC(C)C)[C@H]1CC=C(P(=O)([O-])[O-])C[C@@H]1N=C(N)N.Cl.[Na+].[Na+]. The predicted octanol–water partition coefficient (Wildman–Crippen LogP) is -6.18. The van der Waals surface area contributed by atoms with Gasteiger partial charge in [-0.3, -0.25) is 4.79 Å². The molecule has 0 unspecified atom stereocenters. The van der Waals surface area contributed by atoms with E-state index in [1.807, 2.05) is 13.8 Å². The summed E-state index contributed by atoms with van der Waals surface area (Å²) in [5.41, 5.74) is 10.9. The number of nitrogens with zero attached hydrogens (tertiary/aromatic N) is 1. The summed E-state index contributed by atoms with van der Waals surface area (Å²) in [5.74, 6) is -0.188. The normalized spacial score (nSPS) is 20.5. The first-order chi connectivity index (χ1) is 10.5. The number of hydrogen-bond acceptors (Lipinski definition) is 5. The van der Waals surface area contributed by atoms with Gasteiger partial charge in [0.25, 0.3) is 0 Å². The fourth-order valence-corrected chi connectivity index (χ4v) is 3.72. The molecule has 1 aliphatic carbocycles. The molecule has 0 aromatic rings. The van der Waals surface area contributed by atoms with Crippen molar-refractivity contribution in [1.82, 2.24) is 5.32 Å². The Morgan fingerprint density at radius 3 is 2.31 bits per heavy atom. The van der Waals surface area contributed by atoms with E-state index in [9.17, 15) is 19.1 Å². The molecule has 0 heterocycles. The van der Waals surface area contributed by atoms with Gasteiger partial charge in [-0.25, -0.2) is 4.99 Å². The quantitative estimate of drug-likeness (QED) is 0.166. The first-order valence-corrected chi connectivity index (χ1v) is 9.12. The van der Waals surface area contributed by atoms with Crippen molar-refractivity contribution in [1.29, 1.82) is 0 Å². The van der Waals surface area contributed by atoms with Gasteiger partial charge in [-0.15, -0.1) is 12.4 Å². The molecule has 0 saturated heterocycles. The second-order valence-electron chi connectivity index (χ2n) is 6.35. The number of aliphatic imine (C=N–C) groups is 1. The van der Waals surface area contributed by atoms with Gasteiger partial charge in [0.2, 0.25) is 5.91 Å². The Kier molecular flexibility index (Phi) is 17.0. The molecule has 0 spiro atoms. The van der Waals surface area contributed by atoms with Crippen LogP contribution in [0, 0.1) is 11.8 Å². The number of rotatable bonds is 6. The molecule has 8 nitrogen and oxygen atoms in total. The molecule has 0 radical (unpaired) electrons. The second kappa shape index (κ2) is 14.0. The van der Waals surface area contributed by atoms with Gasteiger partial charge in [0, 0.05) is 18.9 Å². The van der Waals surface area contributed by atoms with E-state index in [4.69, 9.17) is 11.5 Å². The maximum absolute atomic E-state index is 11.5.